The molecule has 1 aromatic heterocycles. The molecule has 2 aromatic carbocycles. The molecule has 3 aromatic rings. The summed E-state index contributed by atoms with van der Waals surface area (Å²) in [5.41, 5.74) is 1.13. The van der Waals surface area contributed by atoms with Crippen molar-refractivity contribution in [2.45, 2.75) is 12.5 Å². The molecular formula is C22H24F4N6O. The maximum absolute atomic E-state index is 13.5. The van der Waals surface area contributed by atoms with E-state index in [9.17, 15) is 17.6 Å². The summed E-state index contributed by atoms with van der Waals surface area (Å²) in [6.45, 7) is 4.70. The molecule has 3 heterocycles. The van der Waals surface area contributed by atoms with Crippen LogP contribution in [0.2, 0.25) is 0 Å². The summed E-state index contributed by atoms with van der Waals surface area (Å²) in [6, 6.07) is 7.98. The molecule has 0 aliphatic carbocycles. The minimum absolute atomic E-state index is 0. The lowest BCUT2D eigenvalue weighted by molar-refractivity contribution is 0.0105. The van der Waals surface area contributed by atoms with E-state index < -0.39 is 18.1 Å². The topological polar surface area (TPSA) is 58.5 Å². The molecule has 0 radical (unpaired) electrons. The van der Waals surface area contributed by atoms with E-state index in [1.165, 1.54) is 23.1 Å². The van der Waals surface area contributed by atoms with Crippen molar-refractivity contribution in [3.63, 3.8) is 0 Å². The Morgan fingerprint density at radius 2 is 1.70 bits per heavy atom. The first-order valence-electron chi connectivity index (χ1n) is 10.6. The molecule has 5 rings (SSSR count). The highest BCUT2D eigenvalue weighted by molar-refractivity contribution is 5.65. The predicted octanol–water partition coefficient (Wildman–Crippen LogP) is 3.99. The lowest BCUT2D eigenvalue weighted by Crippen LogP contribution is -2.61. The molecule has 2 aliphatic rings. The van der Waals surface area contributed by atoms with Gasteiger partial charge < -0.3 is 15.0 Å². The Balaban J connectivity index is 0.00000274. The van der Waals surface area contributed by atoms with E-state index in [1.54, 1.807) is 6.07 Å². The molecule has 2 saturated heterocycles. The number of hydrogen-bond acceptors (Lipinski definition) is 6. The fourth-order valence-corrected chi connectivity index (χ4v) is 4.10. The highest BCUT2D eigenvalue weighted by atomic mass is 19.3. The fourth-order valence-electron chi connectivity index (χ4n) is 4.10. The first-order valence-corrected chi connectivity index (χ1v) is 10.6. The van der Waals surface area contributed by atoms with E-state index in [4.69, 9.17) is 4.74 Å². The van der Waals surface area contributed by atoms with Crippen LogP contribution in [0.15, 0.2) is 42.7 Å². The van der Waals surface area contributed by atoms with E-state index in [1.807, 2.05) is 0 Å². The Morgan fingerprint density at radius 3 is 2.39 bits per heavy atom. The number of aromatic nitrogens is 3. The van der Waals surface area contributed by atoms with Crippen molar-refractivity contribution in [1.29, 1.82) is 0 Å². The Kier molecular flexibility index (Phi) is 5.90. The third-order valence-corrected chi connectivity index (χ3v) is 5.84. The minimum atomic E-state index is -2.64. The number of nitrogens with zero attached hydrogens (tertiary/aromatic N) is 5. The number of alkyl halides is 2. The van der Waals surface area contributed by atoms with Crippen molar-refractivity contribution in [3.8, 4) is 5.69 Å². The van der Waals surface area contributed by atoms with Gasteiger partial charge in [0.2, 0.25) is 5.95 Å². The Labute approximate surface area is 189 Å². The number of benzene rings is 2. The van der Waals surface area contributed by atoms with Gasteiger partial charge in [-0.25, -0.2) is 22.2 Å². The van der Waals surface area contributed by atoms with Crippen LogP contribution in [0.25, 0.3) is 5.69 Å². The maximum atomic E-state index is 13.5. The molecule has 0 amide bonds. The number of halogens is 4. The molecule has 0 unspecified atom stereocenters. The quantitative estimate of drug-likeness (QED) is 0.557. The molecule has 2 fully saturated rings. The molecule has 1 N–H and O–H groups in total. The van der Waals surface area contributed by atoms with Crippen molar-refractivity contribution < 1.29 is 23.7 Å². The van der Waals surface area contributed by atoms with Gasteiger partial charge in [0.25, 0.3) is 6.43 Å². The van der Waals surface area contributed by atoms with Gasteiger partial charge >= 0.3 is 0 Å². The predicted molar refractivity (Wildman–Crippen MR) is 116 cm³/mol. The second kappa shape index (κ2) is 8.99. The molecule has 2 aliphatic heterocycles. The highest BCUT2D eigenvalue weighted by Crippen LogP contribution is 2.32. The van der Waals surface area contributed by atoms with Crippen molar-refractivity contribution in [2.24, 2.45) is 0 Å². The van der Waals surface area contributed by atoms with Gasteiger partial charge in [-0.1, -0.05) is 0 Å². The minimum Gasteiger partial charge on any atom is -0.379 e. The second-order valence-corrected chi connectivity index (χ2v) is 8.09. The monoisotopic (exact) mass is 464 g/mol. The highest BCUT2D eigenvalue weighted by Gasteiger charge is 2.33. The third-order valence-electron chi connectivity index (χ3n) is 5.84. The standard InChI is InChI=1S/C22H22F4N6O.H2/c23-15-7-16(24)9-19(8-15)32-13-27-22(29-32)28-17-5-14(21(25)26)6-18(10-17)31-11-20(12-31)30-1-3-33-4-2-30;/h5-10,13,20-21H,1-4,11-12H2,(H,28,29);1H. The summed E-state index contributed by atoms with van der Waals surface area (Å²) < 4.78 is 60.7. The number of ether oxygens (including phenoxy) is 1. The van der Waals surface area contributed by atoms with Gasteiger partial charge in [-0.2, -0.15) is 4.98 Å². The van der Waals surface area contributed by atoms with Crippen LogP contribution in [0, 0.1) is 11.6 Å². The van der Waals surface area contributed by atoms with Gasteiger partial charge in [-0.05, 0) is 30.3 Å². The van der Waals surface area contributed by atoms with E-state index in [0.717, 1.165) is 44.4 Å². The smallest absolute Gasteiger partial charge is 0.263 e. The average molecular weight is 464 g/mol. The third kappa shape index (κ3) is 4.79. The number of hydrogen-bond donors (Lipinski definition) is 1. The summed E-state index contributed by atoms with van der Waals surface area (Å²) in [4.78, 5) is 8.50. The van der Waals surface area contributed by atoms with Gasteiger partial charge in [0.05, 0.1) is 18.9 Å². The van der Waals surface area contributed by atoms with Crippen molar-refractivity contribution in [3.05, 3.63) is 59.9 Å². The van der Waals surface area contributed by atoms with Crippen LogP contribution in [-0.4, -0.2) is 65.1 Å². The van der Waals surface area contributed by atoms with Gasteiger partial charge in [-0.3, -0.25) is 4.90 Å². The first kappa shape index (κ1) is 21.7. The van der Waals surface area contributed by atoms with Crippen LogP contribution in [-0.2, 0) is 4.74 Å². The van der Waals surface area contributed by atoms with E-state index >= 15 is 0 Å². The van der Waals surface area contributed by atoms with E-state index in [-0.39, 0.29) is 18.6 Å². The van der Waals surface area contributed by atoms with Gasteiger partial charge in [0, 0.05) is 56.7 Å². The van der Waals surface area contributed by atoms with Crippen LogP contribution in [0.4, 0.5) is 34.9 Å². The lowest BCUT2D eigenvalue weighted by atomic mass is 10.0. The summed E-state index contributed by atoms with van der Waals surface area (Å²) in [6.07, 6.45) is -1.35. The SMILES string of the molecule is Fc1cc(F)cc(-n2cnc(Nc3cc(C(F)F)cc(N4CC(N5CCOCC5)C4)c3)n2)c1.[HH]. The van der Waals surface area contributed by atoms with Crippen LogP contribution >= 0.6 is 0 Å². The van der Waals surface area contributed by atoms with Gasteiger partial charge in [0.1, 0.15) is 18.0 Å². The van der Waals surface area contributed by atoms with E-state index in [2.05, 4.69) is 25.2 Å². The molecule has 11 heteroatoms. The van der Waals surface area contributed by atoms with Crippen LogP contribution in [0.3, 0.4) is 0 Å². The zero-order valence-electron chi connectivity index (χ0n) is 17.6. The van der Waals surface area contributed by atoms with Crippen molar-refractivity contribution in [1.82, 2.24) is 19.7 Å². The molecule has 0 saturated carbocycles. The average Bonchev–Trinajstić information content (AvgIpc) is 3.21. The summed E-state index contributed by atoms with van der Waals surface area (Å²) in [7, 11) is 0. The number of anilines is 3. The molecule has 0 spiro atoms. The number of rotatable bonds is 6. The molecule has 176 valence electrons. The summed E-state index contributed by atoms with van der Waals surface area (Å²) in [5, 5.41) is 7.08. The number of morpholine rings is 1. The first-order chi connectivity index (χ1) is 15.9. The fraction of sp³-hybridized carbons (Fsp3) is 0.364. The maximum Gasteiger partial charge on any atom is 0.263 e. The van der Waals surface area contributed by atoms with Gasteiger partial charge in [-0.15, -0.1) is 5.10 Å². The molecule has 7 nitrogen and oxygen atoms in total. The van der Waals surface area contributed by atoms with Crippen molar-refractivity contribution >= 4 is 17.3 Å². The summed E-state index contributed by atoms with van der Waals surface area (Å²) >= 11 is 0. The zero-order chi connectivity index (χ0) is 22.9. The van der Waals surface area contributed by atoms with Gasteiger partial charge in [0.15, 0.2) is 0 Å². The van der Waals surface area contributed by atoms with Crippen LogP contribution in [0.1, 0.15) is 13.4 Å². The molecule has 0 atom stereocenters. The van der Waals surface area contributed by atoms with Crippen LogP contribution in [0.5, 0.6) is 0 Å². The normalized spacial score (nSPS) is 17.4. The lowest BCUT2D eigenvalue weighted by Gasteiger charge is -2.47. The Hall–Kier alpha value is -3.18. The molecule has 33 heavy (non-hydrogen) atoms. The Bertz CT molecular complexity index is 1110. The van der Waals surface area contributed by atoms with Crippen LogP contribution < -0.4 is 10.2 Å². The zero-order valence-corrected chi connectivity index (χ0v) is 17.6. The summed E-state index contributed by atoms with van der Waals surface area (Å²) in [5.74, 6) is -1.37. The Morgan fingerprint density at radius 1 is 0.970 bits per heavy atom. The molecular weight excluding hydrogens is 440 g/mol. The van der Waals surface area contributed by atoms with E-state index in [0.29, 0.717) is 30.6 Å². The molecule has 0 bridgehead atoms. The second-order valence-electron chi connectivity index (χ2n) is 8.09. The largest absolute Gasteiger partial charge is 0.379 e. The van der Waals surface area contributed by atoms with Crippen molar-refractivity contribution in [2.75, 3.05) is 49.6 Å². The number of nitrogens with one attached hydrogen (secondary N) is 1.